The average molecular weight is 663 g/mol. The summed E-state index contributed by atoms with van der Waals surface area (Å²) in [6.45, 7) is 14.9. The zero-order chi connectivity index (χ0) is 34.1. The predicted octanol–water partition coefficient (Wildman–Crippen LogP) is 8.65. The van der Waals surface area contributed by atoms with Gasteiger partial charge in [-0.2, -0.15) is 5.10 Å². The number of ether oxygens (including phenoxy) is 1. The van der Waals surface area contributed by atoms with E-state index in [1.165, 1.54) is 4.88 Å². The number of benzene rings is 1. The number of carbonyl (C=O) groups is 1. The number of pyridine rings is 1. The second kappa shape index (κ2) is 11.9. The van der Waals surface area contributed by atoms with Crippen LogP contribution in [0.15, 0.2) is 24.5 Å². The molecule has 4 aromatic rings. The maximum Gasteiger partial charge on any atom is 0.410 e. The van der Waals surface area contributed by atoms with E-state index < -0.39 is 11.9 Å². The van der Waals surface area contributed by atoms with Gasteiger partial charge in [0, 0.05) is 70.9 Å². The predicted molar refractivity (Wildman–Crippen MR) is 186 cm³/mol. The first-order chi connectivity index (χ1) is 22.0. The lowest BCUT2D eigenvalue weighted by Crippen LogP contribution is -2.57. The Labute approximate surface area is 280 Å². The number of amides is 1. The van der Waals surface area contributed by atoms with Crippen molar-refractivity contribution in [1.29, 1.82) is 0 Å². The Bertz CT molecular complexity index is 1810. The van der Waals surface area contributed by atoms with E-state index in [1.807, 2.05) is 31.9 Å². The minimum atomic E-state index is -1.30. The summed E-state index contributed by atoms with van der Waals surface area (Å²) in [6, 6.07) is 3.65. The summed E-state index contributed by atoms with van der Waals surface area (Å²) in [7, 11) is 5.95. The summed E-state index contributed by atoms with van der Waals surface area (Å²) in [4.78, 5) is 24.8. The van der Waals surface area contributed by atoms with Gasteiger partial charge >= 0.3 is 6.09 Å². The molecule has 1 aliphatic heterocycles. The Morgan fingerprint density at radius 1 is 1.09 bits per heavy atom. The van der Waals surface area contributed by atoms with E-state index >= 15 is 4.39 Å². The van der Waals surface area contributed by atoms with Crippen LogP contribution in [0.5, 0.6) is 0 Å². The zero-order valence-electron chi connectivity index (χ0n) is 29.0. The molecule has 11 heteroatoms. The fraction of sp³-hybridized carbons (Fsp3) is 0.556. The molecule has 47 heavy (non-hydrogen) atoms. The van der Waals surface area contributed by atoms with Crippen LogP contribution in [0.2, 0.25) is 0 Å². The van der Waals surface area contributed by atoms with Crippen LogP contribution >= 0.6 is 11.3 Å². The van der Waals surface area contributed by atoms with Gasteiger partial charge in [0.15, 0.2) is 0 Å². The van der Waals surface area contributed by atoms with E-state index in [9.17, 15) is 9.90 Å². The van der Waals surface area contributed by atoms with Crippen LogP contribution in [0.4, 0.5) is 15.0 Å². The second-order valence-corrected chi connectivity index (χ2v) is 16.6. The molecule has 9 nitrogen and oxygen atoms in total. The molecule has 6 rings (SSSR count). The molecule has 1 saturated heterocycles. The zero-order valence-corrected chi connectivity index (χ0v) is 29.8. The smallest absolute Gasteiger partial charge is 0.410 e. The van der Waals surface area contributed by atoms with E-state index in [2.05, 4.69) is 61.8 Å². The number of halogens is 1. The molecule has 1 atom stereocenters. The number of anilines is 1. The van der Waals surface area contributed by atoms with Crippen molar-refractivity contribution in [1.82, 2.24) is 24.6 Å². The lowest BCUT2D eigenvalue weighted by molar-refractivity contribution is -0.207. The van der Waals surface area contributed by atoms with Crippen molar-refractivity contribution in [2.24, 2.45) is 17.9 Å². The van der Waals surface area contributed by atoms with Gasteiger partial charge in [0.2, 0.25) is 0 Å². The molecular formula is C36H47FN6O3S. The summed E-state index contributed by atoms with van der Waals surface area (Å²) < 4.78 is 25.3. The highest BCUT2D eigenvalue weighted by atomic mass is 32.1. The van der Waals surface area contributed by atoms with Gasteiger partial charge in [-0.25, -0.2) is 19.2 Å². The van der Waals surface area contributed by atoms with Gasteiger partial charge in [-0.15, -0.1) is 11.3 Å². The first-order valence-corrected chi connectivity index (χ1v) is 17.3. The molecule has 0 spiro atoms. The Morgan fingerprint density at radius 3 is 2.40 bits per heavy atom. The van der Waals surface area contributed by atoms with Crippen molar-refractivity contribution in [2.75, 3.05) is 26.0 Å². The van der Waals surface area contributed by atoms with Crippen LogP contribution < -0.4 is 5.32 Å². The Kier molecular flexibility index (Phi) is 8.50. The van der Waals surface area contributed by atoms with E-state index in [-0.39, 0.29) is 33.6 Å². The molecule has 2 fully saturated rings. The van der Waals surface area contributed by atoms with Crippen LogP contribution in [0, 0.1) is 16.6 Å². The maximum absolute atomic E-state index is 16.7. The molecule has 2 aliphatic rings. The van der Waals surface area contributed by atoms with Gasteiger partial charge in [-0.1, -0.05) is 53.7 Å². The number of aryl methyl sites for hydroxylation is 1. The van der Waals surface area contributed by atoms with Crippen LogP contribution in [-0.2, 0) is 18.3 Å². The number of hydrogen-bond donors (Lipinski definition) is 2. The van der Waals surface area contributed by atoms with Crippen molar-refractivity contribution in [3.63, 3.8) is 0 Å². The van der Waals surface area contributed by atoms with Gasteiger partial charge in [0.25, 0.3) is 0 Å². The number of thiazole rings is 1. The number of fused-ring (bicyclic) bond motifs is 1. The second-order valence-electron chi connectivity index (χ2n) is 15.6. The number of aromatic nitrogens is 4. The number of hydrogen-bond acceptors (Lipinski definition) is 7. The number of nitrogens with zero attached hydrogens (tertiary/aromatic N) is 5. The van der Waals surface area contributed by atoms with Gasteiger partial charge in [-0.3, -0.25) is 10.00 Å². The van der Waals surface area contributed by atoms with Crippen LogP contribution in [0.3, 0.4) is 0 Å². The summed E-state index contributed by atoms with van der Waals surface area (Å²) in [6.07, 6.45) is 5.86. The Morgan fingerprint density at radius 2 is 1.79 bits per heavy atom. The topological polar surface area (TPSA) is 105 Å². The SMILES string of the molecule is CN(C)Cc1nc(-c2cnc(NC(=O)O)c3c(F)c(-c4cnn(C)c4C4CC4)ccc23)sc1C1CCOC(C(C)(C)C)(C(C)(C)C)C1. The van der Waals surface area contributed by atoms with Gasteiger partial charge in [0.1, 0.15) is 16.6 Å². The number of rotatable bonds is 7. The monoisotopic (exact) mass is 662 g/mol. The van der Waals surface area contributed by atoms with Crippen molar-refractivity contribution >= 4 is 34.0 Å². The molecule has 1 unspecified atom stereocenters. The van der Waals surface area contributed by atoms with Crippen molar-refractivity contribution < 1.29 is 19.0 Å². The molecule has 2 N–H and O–H groups in total. The first-order valence-electron chi connectivity index (χ1n) is 16.4. The highest BCUT2D eigenvalue weighted by Gasteiger charge is 2.54. The molecule has 0 radical (unpaired) electrons. The molecule has 1 aliphatic carbocycles. The largest absolute Gasteiger partial charge is 0.465 e. The maximum atomic E-state index is 16.7. The van der Waals surface area contributed by atoms with Gasteiger partial charge in [0.05, 0.1) is 22.9 Å². The normalized spacial score (nSPS) is 18.7. The lowest BCUT2D eigenvalue weighted by Gasteiger charge is -2.56. The number of carboxylic acid groups (broad SMARTS) is 1. The minimum absolute atomic E-state index is 0.0395. The molecule has 3 aromatic heterocycles. The molecule has 252 valence electrons. The average Bonchev–Trinajstić information content (AvgIpc) is 3.61. The number of nitrogens with one attached hydrogen (secondary N) is 1. The van der Waals surface area contributed by atoms with E-state index in [4.69, 9.17) is 9.72 Å². The fourth-order valence-electron chi connectivity index (χ4n) is 7.85. The Balaban J connectivity index is 1.50. The molecule has 1 aromatic carbocycles. The first kappa shape index (κ1) is 33.5. The van der Waals surface area contributed by atoms with Crippen LogP contribution in [0.25, 0.3) is 32.5 Å². The fourth-order valence-corrected chi connectivity index (χ4v) is 9.09. The minimum Gasteiger partial charge on any atom is -0.465 e. The van der Waals surface area contributed by atoms with Crippen LogP contribution in [-0.4, -0.2) is 62.2 Å². The van der Waals surface area contributed by atoms with Gasteiger partial charge in [-0.05, 0) is 50.6 Å². The highest BCUT2D eigenvalue weighted by molar-refractivity contribution is 7.15. The van der Waals surface area contributed by atoms with E-state index in [1.54, 1.807) is 29.8 Å². The molecule has 1 saturated carbocycles. The standard InChI is InChI=1S/C36H47FN6O3S/c1-34(2,3)36(35(4,5)6)16-21(14-15-46-36)30-26(19-42(7)8)40-32(47-30)25-17-38-31(41-33(44)45)27-22(25)12-13-23(28(27)37)24-18-39-43(9)29(24)20-10-11-20/h12-13,17-18,20-21H,10-11,14-16,19H2,1-9H3,(H,38,41)(H,44,45). The third kappa shape index (κ3) is 5.95. The van der Waals surface area contributed by atoms with Crippen molar-refractivity contribution in [3.05, 3.63) is 46.6 Å². The van der Waals surface area contributed by atoms with E-state index in [0.717, 1.165) is 47.6 Å². The van der Waals surface area contributed by atoms with Crippen LogP contribution in [0.1, 0.15) is 95.3 Å². The quantitative estimate of drug-likeness (QED) is 0.204. The summed E-state index contributed by atoms with van der Waals surface area (Å²) in [5.41, 5.74) is 3.27. The summed E-state index contributed by atoms with van der Waals surface area (Å²) in [5.74, 6) is 0.0241. The van der Waals surface area contributed by atoms with Crippen molar-refractivity contribution in [3.8, 4) is 21.7 Å². The highest BCUT2D eigenvalue weighted by Crippen LogP contribution is 2.56. The molecule has 1 amide bonds. The third-order valence-electron chi connectivity index (χ3n) is 10.0. The van der Waals surface area contributed by atoms with Crippen molar-refractivity contribution in [2.45, 2.75) is 91.2 Å². The Hall–Kier alpha value is -3.41. The summed E-state index contributed by atoms with van der Waals surface area (Å²) >= 11 is 1.64. The lowest BCUT2D eigenvalue weighted by atomic mass is 9.58. The summed E-state index contributed by atoms with van der Waals surface area (Å²) in [5, 5.41) is 17.8. The van der Waals surface area contributed by atoms with E-state index in [0.29, 0.717) is 35.6 Å². The van der Waals surface area contributed by atoms with Gasteiger partial charge < -0.3 is 14.7 Å². The third-order valence-corrected chi connectivity index (χ3v) is 11.3. The molecular weight excluding hydrogens is 616 g/mol. The molecule has 4 heterocycles. The molecule has 0 bridgehead atoms.